The summed E-state index contributed by atoms with van der Waals surface area (Å²) in [6.07, 6.45) is 0. The molecule has 0 saturated carbocycles. The van der Waals surface area contributed by atoms with Gasteiger partial charge in [0.15, 0.2) is 0 Å². The minimum atomic E-state index is -0.509. The normalized spacial score (nSPS) is 21.6. The van der Waals surface area contributed by atoms with Crippen LogP contribution in [0, 0.1) is 6.92 Å². The third-order valence-corrected chi connectivity index (χ3v) is 5.42. The molecule has 2 aliphatic heterocycles. The van der Waals surface area contributed by atoms with Gasteiger partial charge in [-0.15, -0.1) is 0 Å². The van der Waals surface area contributed by atoms with Crippen LogP contribution in [0.1, 0.15) is 24.1 Å². The van der Waals surface area contributed by atoms with E-state index < -0.39 is 6.04 Å². The molecule has 0 radical (unpaired) electrons. The summed E-state index contributed by atoms with van der Waals surface area (Å²) in [5, 5.41) is 2.97. The Bertz CT molecular complexity index is 769. The Balaban J connectivity index is 2.02. The highest BCUT2D eigenvalue weighted by Crippen LogP contribution is 2.31. The number of amides is 2. The van der Waals surface area contributed by atoms with Crippen LogP contribution in [0.5, 0.6) is 0 Å². The van der Waals surface area contributed by atoms with Crippen LogP contribution in [0.25, 0.3) is 0 Å². The molecule has 1 atom stereocenters. The maximum atomic E-state index is 12.9. The summed E-state index contributed by atoms with van der Waals surface area (Å²) in [4.78, 5) is 31.8. The molecule has 2 aliphatic rings. The fraction of sp³-hybridized carbons (Fsp3) is 0.524. The Hall–Kier alpha value is -2.38. The van der Waals surface area contributed by atoms with Gasteiger partial charge in [-0.05, 0) is 26.5 Å². The summed E-state index contributed by atoms with van der Waals surface area (Å²) in [5.41, 5.74) is 3.21. The molecule has 1 saturated heterocycles. The van der Waals surface area contributed by atoms with Crippen molar-refractivity contribution in [1.29, 1.82) is 0 Å². The van der Waals surface area contributed by atoms with Crippen LogP contribution >= 0.6 is 0 Å². The number of ether oxygens (including phenoxy) is 1. The topological polar surface area (TPSA) is 65.1 Å². The lowest BCUT2D eigenvalue weighted by atomic mass is 9.93. The first kappa shape index (κ1) is 20.4. The van der Waals surface area contributed by atoms with Crippen molar-refractivity contribution in [3.63, 3.8) is 0 Å². The molecule has 7 heteroatoms. The number of urea groups is 1. The molecule has 0 bridgehead atoms. The van der Waals surface area contributed by atoms with E-state index in [1.54, 1.807) is 18.9 Å². The van der Waals surface area contributed by atoms with Crippen LogP contribution in [0.2, 0.25) is 0 Å². The number of nitrogens with zero attached hydrogens (tertiary/aromatic N) is 3. The third kappa shape index (κ3) is 4.36. The molecule has 0 aliphatic carbocycles. The molecule has 1 aromatic rings. The zero-order valence-corrected chi connectivity index (χ0v) is 17.2. The van der Waals surface area contributed by atoms with E-state index in [4.69, 9.17) is 4.74 Å². The van der Waals surface area contributed by atoms with Crippen LogP contribution in [-0.4, -0.2) is 80.1 Å². The number of carbonyl (C=O) groups excluding carboxylic acids is 2. The second kappa shape index (κ2) is 8.75. The molecule has 1 fully saturated rings. The van der Waals surface area contributed by atoms with E-state index >= 15 is 0 Å². The van der Waals surface area contributed by atoms with Gasteiger partial charge in [-0.3, -0.25) is 9.80 Å². The second-order valence-electron chi connectivity index (χ2n) is 7.52. The Labute approximate surface area is 166 Å². The number of carbonyl (C=O) groups is 2. The average Bonchev–Trinajstić information content (AvgIpc) is 2.67. The van der Waals surface area contributed by atoms with Crippen molar-refractivity contribution in [2.75, 3.05) is 53.4 Å². The highest BCUT2D eigenvalue weighted by Gasteiger charge is 2.37. The summed E-state index contributed by atoms with van der Waals surface area (Å²) in [6.45, 7) is 8.39. The highest BCUT2D eigenvalue weighted by atomic mass is 16.5. The van der Waals surface area contributed by atoms with E-state index in [9.17, 15) is 9.59 Å². The molecule has 7 nitrogen and oxygen atoms in total. The molecule has 2 amide bonds. The van der Waals surface area contributed by atoms with Crippen molar-refractivity contribution < 1.29 is 14.3 Å². The van der Waals surface area contributed by atoms with E-state index in [1.165, 1.54) is 0 Å². The van der Waals surface area contributed by atoms with E-state index in [1.807, 2.05) is 31.2 Å². The van der Waals surface area contributed by atoms with Gasteiger partial charge in [0.05, 0.1) is 18.2 Å². The molecule has 1 aromatic carbocycles. The van der Waals surface area contributed by atoms with Crippen molar-refractivity contribution in [2.24, 2.45) is 0 Å². The quantitative estimate of drug-likeness (QED) is 0.781. The van der Waals surface area contributed by atoms with Crippen LogP contribution < -0.4 is 5.32 Å². The van der Waals surface area contributed by atoms with E-state index in [2.05, 4.69) is 22.2 Å². The molecule has 0 spiro atoms. The summed E-state index contributed by atoms with van der Waals surface area (Å²) in [7, 11) is 3.82. The lowest BCUT2D eigenvalue weighted by molar-refractivity contribution is -0.139. The van der Waals surface area contributed by atoms with Crippen LogP contribution in [0.3, 0.4) is 0 Å². The number of benzene rings is 1. The molecule has 3 rings (SSSR count). The first-order chi connectivity index (χ1) is 13.4. The molecule has 28 heavy (non-hydrogen) atoms. The highest BCUT2D eigenvalue weighted by molar-refractivity contribution is 5.95. The molecule has 0 aromatic heterocycles. The van der Waals surface area contributed by atoms with Gasteiger partial charge in [0.25, 0.3) is 0 Å². The van der Waals surface area contributed by atoms with Crippen LogP contribution in [0.15, 0.2) is 35.5 Å². The van der Waals surface area contributed by atoms with Crippen molar-refractivity contribution in [2.45, 2.75) is 19.9 Å². The number of hydrogen-bond donors (Lipinski definition) is 1. The van der Waals surface area contributed by atoms with Gasteiger partial charge in [-0.2, -0.15) is 0 Å². The van der Waals surface area contributed by atoms with Crippen molar-refractivity contribution in [3.8, 4) is 0 Å². The summed E-state index contributed by atoms with van der Waals surface area (Å²) >= 11 is 0. The predicted molar refractivity (Wildman–Crippen MR) is 108 cm³/mol. The van der Waals surface area contributed by atoms with Gasteiger partial charge in [-0.25, -0.2) is 9.59 Å². The zero-order chi connectivity index (χ0) is 20.3. The minimum absolute atomic E-state index is 0.205. The Morgan fingerprint density at radius 2 is 1.93 bits per heavy atom. The van der Waals surface area contributed by atoms with Crippen molar-refractivity contribution in [1.82, 2.24) is 20.0 Å². The van der Waals surface area contributed by atoms with E-state index in [-0.39, 0.29) is 12.0 Å². The lowest BCUT2D eigenvalue weighted by Gasteiger charge is -2.39. The summed E-state index contributed by atoms with van der Waals surface area (Å²) in [6, 6.07) is 7.17. The van der Waals surface area contributed by atoms with E-state index in [0.29, 0.717) is 18.7 Å². The SMILES string of the molecule is CCOC(=O)C1=C(CN2CCN(C)CC2)N(C)C(=O)NC1c1cccc(C)c1. The maximum absolute atomic E-state index is 12.9. The fourth-order valence-electron chi connectivity index (χ4n) is 3.72. The lowest BCUT2D eigenvalue weighted by Crippen LogP contribution is -2.51. The molecule has 152 valence electrons. The van der Waals surface area contributed by atoms with Crippen LogP contribution in [-0.2, 0) is 9.53 Å². The number of likely N-dealkylation sites (N-methyl/N-ethyl adjacent to an activating group) is 2. The van der Waals surface area contributed by atoms with Gasteiger partial charge >= 0.3 is 12.0 Å². The minimum Gasteiger partial charge on any atom is -0.463 e. The Morgan fingerprint density at radius 3 is 2.57 bits per heavy atom. The standard InChI is InChI=1S/C21H30N4O3/c1-5-28-20(26)18-17(14-25-11-9-23(3)10-12-25)24(4)21(27)22-19(18)16-8-6-7-15(2)13-16/h6-8,13,19H,5,9-12,14H2,1-4H3,(H,22,27). The average molecular weight is 386 g/mol. The first-order valence-corrected chi connectivity index (χ1v) is 9.82. The first-order valence-electron chi connectivity index (χ1n) is 9.82. The number of hydrogen-bond acceptors (Lipinski definition) is 5. The van der Waals surface area contributed by atoms with Crippen molar-refractivity contribution in [3.05, 3.63) is 46.7 Å². The summed E-state index contributed by atoms with van der Waals surface area (Å²) in [5.74, 6) is -0.370. The number of esters is 1. The summed E-state index contributed by atoms with van der Waals surface area (Å²) < 4.78 is 5.38. The molecule has 1 unspecified atom stereocenters. The number of rotatable bonds is 5. The van der Waals surface area contributed by atoms with Gasteiger partial charge in [-0.1, -0.05) is 29.8 Å². The zero-order valence-electron chi connectivity index (χ0n) is 17.2. The number of nitrogens with one attached hydrogen (secondary N) is 1. The smallest absolute Gasteiger partial charge is 0.338 e. The fourth-order valence-corrected chi connectivity index (χ4v) is 3.72. The monoisotopic (exact) mass is 386 g/mol. The van der Waals surface area contributed by atoms with Gasteiger partial charge in [0.2, 0.25) is 0 Å². The Kier molecular flexibility index (Phi) is 6.36. The van der Waals surface area contributed by atoms with Gasteiger partial charge in [0, 0.05) is 45.5 Å². The molecular formula is C21H30N4O3. The van der Waals surface area contributed by atoms with Gasteiger partial charge < -0.3 is 15.0 Å². The predicted octanol–water partition coefficient (Wildman–Crippen LogP) is 1.76. The van der Waals surface area contributed by atoms with E-state index in [0.717, 1.165) is 43.0 Å². The number of aryl methyl sites for hydroxylation is 1. The van der Waals surface area contributed by atoms with Crippen molar-refractivity contribution >= 4 is 12.0 Å². The van der Waals surface area contributed by atoms with Crippen LogP contribution in [0.4, 0.5) is 4.79 Å². The number of piperazine rings is 1. The molecular weight excluding hydrogens is 356 g/mol. The Morgan fingerprint density at radius 1 is 1.21 bits per heavy atom. The second-order valence-corrected chi connectivity index (χ2v) is 7.52. The molecule has 1 N–H and O–H groups in total. The molecule has 2 heterocycles. The maximum Gasteiger partial charge on any atom is 0.338 e. The third-order valence-electron chi connectivity index (χ3n) is 5.42. The largest absolute Gasteiger partial charge is 0.463 e. The van der Waals surface area contributed by atoms with Gasteiger partial charge in [0.1, 0.15) is 0 Å².